The van der Waals surface area contributed by atoms with Crippen LogP contribution in [0, 0.1) is 5.92 Å². The molecule has 2 saturated heterocycles. The van der Waals surface area contributed by atoms with Crippen molar-refractivity contribution in [2.75, 3.05) is 19.6 Å². The minimum absolute atomic E-state index is 0.369. The molecule has 16 heavy (non-hydrogen) atoms. The first-order valence-electron chi connectivity index (χ1n) is 6.77. The molecule has 92 valence electrons. The zero-order chi connectivity index (χ0) is 11.4. The van der Waals surface area contributed by atoms with E-state index in [2.05, 4.69) is 17.1 Å². The second-order valence-electron chi connectivity index (χ2n) is 5.41. The first-order valence-corrected chi connectivity index (χ1v) is 6.77. The van der Waals surface area contributed by atoms with E-state index in [1.54, 1.807) is 0 Å². The molecule has 0 spiro atoms. The van der Waals surface area contributed by atoms with Crippen molar-refractivity contribution in [3.8, 4) is 0 Å². The Morgan fingerprint density at radius 2 is 2.12 bits per heavy atom. The number of likely N-dealkylation sites (tertiary alicyclic amines) is 1. The van der Waals surface area contributed by atoms with Crippen LogP contribution < -0.4 is 5.32 Å². The molecule has 2 heterocycles. The van der Waals surface area contributed by atoms with E-state index in [0.717, 1.165) is 25.6 Å². The highest BCUT2D eigenvalue weighted by atomic mass is 16.2. The van der Waals surface area contributed by atoms with Gasteiger partial charge in [0, 0.05) is 25.6 Å². The molecule has 3 nitrogen and oxygen atoms in total. The van der Waals surface area contributed by atoms with Crippen molar-refractivity contribution in [1.29, 1.82) is 0 Å². The van der Waals surface area contributed by atoms with Crippen LogP contribution in [0.1, 0.15) is 45.4 Å². The molecule has 1 N–H and O–H groups in total. The average molecular weight is 224 g/mol. The second-order valence-corrected chi connectivity index (χ2v) is 5.41. The molecule has 2 unspecified atom stereocenters. The van der Waals surface area contributed by atoms with Gasteiger partial charge in [0.25, 0.3) is 0 Å². The fraction of sp³-hybridized carbons (Fsp3) is 0.923. The Morgan fingerprint density at radius 3 is 2.88 bits per heavy atom. The van der Waals surface area contributed by atoms with E-state index in [0.29, 0.717) is 18.4 Å². The van der Waals surface area contributed by atoms with Crippen molar-refractivity contribution >= 4 is 5.91 Å². The van der Waals surface area contributed by atoms with Crippen LogP contribution in [-0.2, 0) is 4.79 Å². The Labute approximate surface area is 98.6 Å². The number of hydrogen-bond donors (Lipinski definition) is 1. The van der Waals surface area contributed by atoms with Crippen molar-refractivity contribution < 1.29 is 4.79 Å². The summed E-state index contributed by atoms with van der Waals surface area (Å²) in [6.07, 6.45) is 6.78. The molecule has 0 bridgehead atoms. The number of amides is 1. The van der Waals surface area contributed by atoms with Crippen LogP contribution in [0.2, 0.25) is 0 Å². The first kappa shape index (κ1) is 11.9. The molecule has 3 heteroatoms. The van der Waals surface area contributed by atoms with Crippen molar-refractivity contribution in [2.45, 2.75) is 51.5 Å². The van der Waals surface area contributed by atoms with E-state index in [1.807, 2.05) is 0 Å². The normalized spacial score (nSPS) is 31.4. The quantitative estimate of drug-likeness (QED) is 0.775. The van der Waals surface area contributed by atoms with Gasteiger partial charge in [-0.3, -0.25) is 4.79 Å². The second kappa shape index (κ2) is 5.67. The van der Waals surface area contributed by atoms with E-state index in [-0.39, 0.29) is 0 Å². The van der Waals surface area contributed by atoms with Gasteiger partial charge >= 0.3 is 0 Å². The lowest BCUT2D eigenvalue weighted by Crippen LogP contribution is -2.36. The third-order valence-corrected chi connectivity index (χ3v) is 3.95. The summed E-state index contributed by atoms with van der Waals surface area (Å²) in [6.45, 7) is 5.35. The standard InChI is InChI=1S/C13H24N2O/c1-11-4-3-8-15(9-6-11)13(16)10-12-5-2-7-14-12/h11-12,14H,2-10H2,1H3. The van der Waals surface area contributed by atoms with Gasteiger partial charge in [-0.2, -0.15) is 0 Å². The maximum absolute atomic E-state index is 12.1. The topological polar surface area (TPSA) is 32.3 Å². The number of nitrogens with zero attached hydrogens (tertiary/aromatic N) is 1. The highest BCUT2D eigenvalue weighted by Crippen LogP contribution is 2.18. The van der Waals surface area contributed by atoms with E-state index in [4.69, 9.17) is 0 Å². The summed E-state index contributed by atoms with van der Waals surface area (Å²) in [4.78, 5) is 14.2. The van der Waals surface area contributed by atoms with Crippen LogP contribution in [-0.4, -0.2) is 36.5 Å². The predicted octanol–water partition coefficient (Wildman–Crippen LogP) is 1.78. The summed E-state index contributed by atoms with van der Waals surface area (Å²) < 4.78 is 0. The van der Waals surface area contributed by atoms with E-state index >= 15 is 0 Å². The van der Waals surface area contributed by atoms with E-state index in [1.165, 1.54) is 32.1 Å². The van der Waals surface area contributed by atoms with Gasteiger partial charge < -0.3 is 10.2 Å². The van der Waals surface area contributed by atoms with Gasteiger partial charge in [-0.25, -0.2) is 0 Å². The van der Waals surface area contributed by atoms with Crippen molar-refractivity contribution in [3.05, 3.63) is 0 Å². The fourth-order valence-corrected chi connectivity index (χ4v) is 2.78. The van der Waals surface area contributed by atoms with Gasteiger partial charge in [0.05, 0.1) is 0 Å². The van der Waals surface area contributed by atoms with E-state index < -0.39 is 0 Å². The molecule has 2 fully saturated rings. The summed E-state index contributed by atoms with van der Waals surface area (Å²) >= 11 is 0. The molecule has 2 rings (SSSR count). The minimum Gasteiger partial charge on any atom is -0.343 e. The fourth-order valence-electron chi connectivity index (χ4n) is 2.78. The Bertz CT molecular complexity index is 236. The molecule has 0 aromatic rings. The molecule has 2 aliphatic heterocycles. The smallest absolute Gasteiger partial charge is 0.224 e. The maximum atomic E-state index is 12.1. The molecule has 0 saturated carbocycles. The van der Waals surface area contributed by atoms with E-state index in [9.17, 15) is 4.79 Å². The van der Waals surface area contributed by atoms with Gasteiger partial charge in [0.15, 0.2) is 0 Å². The van der Waals surface area contributed by atoms with Crippen LogP contribution in [0.3, 0.4) is 0 Å². The monoisotopic (exact) mass is 224 g/mol. The van der Waals surface area contributed by atoms with Crippen LogP contribution in [0.5, 0.6) is 0 Å². The van der Waals surface area contributed by atoms with Gasteiger partial charge in [0.2, 0.25) is 5.91 Å². The summed E-state index contributed by atoms with van der Waals surface area (Å²) in [5.74, 6) is 1.16. The molecule has 0 aromatic carbocycles. The molecule has 0 aromatic heterocycles. The molecular weight excluding hydrogens is 200 g/mol. The highest BCUT2D eigenvalue weighted by Gasteiger charge is 2.23. The molecule has 2 aliphatic rings. The Balaban J connectivity index is 1.78. The SMILES string of the molecule is CC1CCCN(C(=O)CC2CCCN2)CC1. The predicted molar refractivity (Wildman–Crippen MR) is 65.2 cm³/mol. The number of carbonyl (C=O) groups excluding carboxylic acids is 1. The highest BCUT2D eigenvalue weighted by molar-refractivity contribution is 5.76. The molecular formula is C13H24N2O. The number of nitrogens with one attached hydrogen (secondary N) is 1. The summed E-state index contributed by atoms with van der Waals surface area (Å²) in [7, 11) is 0. The average Bonchev–Trinajstić information content (AvgIpc) is 2.66. The molecule has 1 amide bonds. The minimum atomic E-state index is 0.369. The lowest BCUT2D eigenvalue weighted by molar-refractivity contribution is -0.131. The number of hydrogen-bond acceptors (Lipinski definition) is 2. The van der Waals surface area contributed by atoms with Gasteiger partial charge in [-0.05, 0) is 44.6 Å². The zero-order valence-electron chi connectivity index (χ0n) is 10.4. The zero-order valence-corrected chi connectivity index (χ0v) is 10.4. The summed E-state index contributed by atoms with van der Waals surface area (Å²) in [5.41, 5.74) is 0. The number of rotatable bonds is 2. The van der Waals surface area contributed by atoms with Crippen LogP contribution in [0.15, 0.2) is 0 Å². The summed E-state index contributed by atoms with van der Waals surface area (Å²) in [6, 6.07) is 0.452. The maximum Gasteiger partial charge on any atom is 0.224 e. The summed E-state index contributed by atoms with van der Waals surface area (Å²) in [5, 5.41) is 3.40. The van der Waals surface area contributed by atoms with Gasteiger partial charge in [-0.1, -0.05) is 6.92 Å². The Hall–Kier alpha value is -0.570. The van der Waals surface area contributed by atoms with Crippen LogP contribution in [0.25, 0.3) is 0 Å². The van der Waals surface area contributed by atoms with Crippen molar-refractivity contribution in [2.24, 2.45) is 5.92 Å². The lowest BCUT2D eigenvalue weighted by Gasteiger charge is -2.22. The third-order valence-electron chi connectivity index (χ3n) is 3.95. The number of carbonyl (C=O) groups is 1. The Kier molecular flexibility index (Phi) is 4.22. The van der Waals surface area contributed by atoms with Crippen molar-refractivity contribution in [3.63, 3.8) is 0 Å². The third kappa shape index (κ3) is 3.21. The molecule has 0 radical (unpaired) electrons. The largest absolute Gasteiger partial charge is 0.343 e. The first-order chi connectivity index (χ1) is 7.75. The Morgan fingerprint density at radius 1 is 1.25 bits per heavy atom. The van der Waals surface area contributed by atoms with Crippen LogP contribution in [0.4, 0.5) is 0 Å². The lowest BCUT2D eigenvalue weighted by atomic mass is 10.0. The van der Waals surface area contributed by atoms with Crippen molar-refractivity contribution in [1.82, 2.24) is 10.2 Å². The van der Waals surface area contributed by atoms with Crippen LogP contribution >= 0.6 is 0 Å². The molecule has 0 aliphatic carbocycles. The van der Waals surface area contributed by atoms with Gasteiger partial charge in [0.1, 0.15) is 0 Å². The van der Waals surface area contributed by atoms with Gasteiger partial charge in [-0.15, -0.1) is 0 Å². The molecule has 2 atom stereocenters.